The zero-order chi connectivity index (χ0) is 15.3. The summed E-state index contributed by atoms with van der Waals surface area (Å²) in [4.78, 5) is 14.6. The molecule has 0 aromatic carbocycles. The Morgan fingerprint density at radius 3 is 2.81 bits per heavy atom. The maximum absolute atomic E-state index is 12.0. The van der Waals surface area contributed by atoms with E-state index < -0.39 is 5.54 Å². The number of rotatable bonds is 4. The summed E-state index contributed by atoms with van der Waals surface area (Å²) in [5.41, 5.74) is 5.57. The molecule has 2 N–H and O–H groups in total. The molecule has 21 heavy (non-hydrogen) atoms. The van der Waals surface area contributed by atoms with E-state index in [2.05, 4.69) is 11.8 Å². The summed E-state index contributed by atoms with van der Waals surface area (Å²) >= 11 is 0. The molecule has 0 radical (unpaired) electrons. The molecule has 2 aliphatic rings. The Kier molecular flexibility index (Phi) is 6.06. The van der Waals surface area contributed by atoms with Crippen molar-refractivity contribution in [2.24, 2.45) is 11.7 Å². The van der Waals surface area contributed by atoms with Gasteiger partial charge in [0.05, 0.1) is 7.11 Å². The van der Waals surface area contributed by atoms with Gasteiger partial charge in [0.2, 0.25) is 0 Å². The van der Waals surface area contributed by atoms with Gasteiger partial charge in [0.15, 0.2) is 0 Å². The zero-order valence-electron chi connectivity index (χ0n) is 13.8. The molecule has 4 heteroatoms. The molecule has 1 aliphatic carbocycles. The van der Waals surface area contributed by atoms with Crippen molar-refractivity contribution in [2.45, 2.75) is 76.3 Å². The van der Waals surface area contributed by atoms with Crippen LogP contribution in [0.15, 0.2) is 0 Å². The van der Waals surface area contributed by atoms with Crippen molar-refractivity contribution in [3.63, 3.8) is 0 Å². The summed E-state index contributed by atoms with van der Waals surface area (Å²) in [5.74, 6) is 0.665. The summed E-state index contributed by atoms with van der Waals surface area (Å²) in [6.07, 6.45) is 10.4. The Balaban J connectivity index is 1.93. The lowest BCUT2D eigenvalue weighted by Crippen LogP contribution is -2.56. The van der Waals surface area contributed by atoms with Crippen LogP contribution in [0.3, 0.4) is 0 Å². The van der Waals surface area contributed by atoms with Gasteiger partial charge in [-0.25, -0.2) is 0 Å². The van der Waals surface area contributed by atoms with Crippen LogP contribution < -0.4 is 5.73 Å². The van der Waals surface area contributed by atoms with Gasteiger partial charge < -0.3 is 15.4 Å². The third kappa shape index (κ3) is 4.19. The predicted molar refractivity (Wildman–Crippen MR) is 85.0 cm³/mol. The molecule has 4 nitrogen and oxygen atoms in total. The number of methoxy groups -OCH3 is 1. The number of hydrogen-bond donors (Lipinski definition) is 1. The van der Waals surface area contributed by atoms with Gasteiger partial charge in [0.25, 0.3) is 0 Å². The minimum absolute atomic E-state index is 0.231. The first kappa shape index (κ1) is 16.8. The second-order valence-corrected chi connectivity index (χ2v) is 7.02. The highest BCUT2D eigenvalue weighted by Crippen LogP contribution is 2.32. The van der Waals surface area contributed by atoms with E-state index in [1.54, 1.807) is 0 Å². The van der Waals surface area contributed by atoms with Crippen molar-refractivity contribution in [3.05, 3.63) is 0 Å². The highest BCUT2D eigenvalue weighted by molar-refractivity contribution is 5.80. The monoisotopic (exact) mass is 296 g/mol. The number of nitrogens with two attached hydrogens (primary N) is 1. The Hall–Kier alpha value is -0.610. The lowest BCUT2D eigenvalue weighted by molar-refractivity contribution is -0.149. The van der Waals surface area contributed by atoms with Gasteiger partial charge >= 0.3 is 5.97 Å². The van der Waals surface area contributed by atoms with E-state index in [0.717, 1.165) is 25.2 Å². The van der Waals surface area contributed by atoms with Crippen LogP contribution in [0.1, 0.15) is 64.7 Å². The maximum atomic E-state index is 12.0. The van der Waals surface area contributed by atoms with Crippen molar-refractivity contribution in [3.8, 4) is 0 Å². The topological polar surface area (TPSA) is 55.6 Å². The Bertz CT molecular complexity index is 348. The first-order chi connectivity index (χ1) is 10.1. The first-order valence-electron chi connectivity index (χ1n) is 8.70. The molecule has 1 heterocycles. The average Bonchev–Trinajstić information content (AvgIpc) is 2.72. The second kappa shape index (κ2) is 7.59. The molecule has 1 saturated carbocycles. The number of ether oxygens (including phenoxy) is 1. The van der Waals surface area contributed by atoms with Crippen LogP contribution in [0.2, 0.25) is 0 Å². The standard InChI is InChI=1S/C17H32N2O2/c1-3-6-14-7-5-11-19(12-9-14)15-8-4-10-17(18,13-15)16(20)21-2/h14-15H,3-13,18H2,1-2H3. The molecule has 0 aromatic rings. The van der Waals surface area contributed by atoms with Crippen molar-refractivity contribution in [1.29, 1.82) is 0 Å². The fraction of sp³-hybridized carbons (Fsp3) is 0.941. The SMILES string of the molecule is CCCC1CCCN(C2CCCC(N)(C(=O)OC)C2)CC1. The van der Waals surface area contributed by atoms with Crippen LogP contribution in [-0.2, 0) is 9.53 Å². The van der Waals surface area contributed by atoms with Crippen LogP contribution in [0.4, 0.5) is 0 Å². The summed E-state index contributed by atoms with van der Waals surface area (Å²) in [5, 5.41) is 0. The highest BCUT2D eigenvalue weighted by atomic mass is 16.5. The second-order valence-electron chi connectivity index (χ2n) is 7.02. The molecule has 0 aromatic heterocycles. The van der Waals surface area contributed by atoms with Gasteiger partial charge in [-0.2, -0.15) is 0 Å². The van der Waals surface area contributed by atoms with Gasteiger partial charge in [-0.05, 0) is 64.0 Å². The third-order valence-electron chi connectivity index (χ3n) is 5.45. The molecule has 0 spiro atoms. The molecule has 122 valence electrons. The van der Waals surface area contributed by atoms with Crippen molar-refractivity contribution in [2.75, 3.05) is 20.2 Å². The molecule has 0 bridgehead atoms. The lowest BCUT2D eigenvalue weighted by Gasteiger charge is -2.40. The first-order valence-corrected chi connectivity index (χ1v) is 8.70. The van der Waals surface area contributed by atoms with Crippen LogP contribution in [0.25, 0.3) is 0 Å². The van der Waals surface area contributed by atoms with Crippen molar-refractivity contribution >= 4 is 5.97 Å². The van der Waals surface area contributed by atoms with Gasteiger partial charge in [0.1, 0.15) is 5.54 Å². The predicted octanol–water partition coefficient (Wildman–Crippen LogP) is 2.70. The molecular formula is C17H32N2O2. The smallest absolute Gasteiger partial charge is 0.325 e. The quantitative estimate of drug-likeness (QED) is 0.810. The van der Waals surface area contributed by atoms with E-state index >= 15 is 0 Å². The third-order valence-corrected chi connectivity index (χ3v) is 5.45. The Morgan fingerprint density at radius 2 is 2.10 bits per heavy atom. The summed E-state index contributed by atoms with van der Waals surface area (Å²) in [6.45, 7) is 4.62. The summed E-state index contributed by atoms with van der Waals surface area (Å²) in [6, 6.07) is 0.461. The van der Waals surface area contributed by atoms with E-state index in [1.807, 2.05) is 0 Å². The molecule has 2 fully saturated rings. The lowest BCUT2D eigenvalue weighted by atomic mass is 9.79. The van der Waals surface area contributed by atoms with Gasteiger partial charge in [-0.3, -0.25) is 4.79 Å². The molecule has 1 saturated heterocycles. The van der Waals surface area contributed by atoms with Gasteiger partial charge in [-0.1, -0.05) is 19.8 Å². The molecule has 3 atom stereocenters. The fourth-order valence-corrected chi connectivity index (χ4v) is 4.23. The van der Waals surface area contributed by atoms with Crippen LogP contribution in [0, 0.1) is 5.92 Å². The molecule has 1 aliphatic heterocycles. The number of carbonyl (C=O) groups excluding carboxylic acids is 1. The van der Waals surface area contributed by atoms with Crippen molar-refractivity contribution < 1.29 is 9.53 Å². The Labute approximate surface area is 129 Å². The number of carbonyl (C=O) groups is 1. The minimum Gasteiger partial charge on any atom is -0.468 e. The fourth-order valence-electron chi connectivity index (χ4n) is 4.23. The van der Waals surface area contributed by atoms with Crippen molar-refractivity contribution in [1.82, 2.24) is 4.90 Å². The normalized spacial score (nSPS) is 35.2. The van der Waals surface area contributed by atoms with Gasteiger partial charge in [-0.15, -0.1) is 0 Å². The molecule has 0 amide bonds. The largest absolute Gasteiger partial charge is 0.468 e. The number of nitrogens with zero attached hydrogens (tertiary/aromatic N) is 1. The van der Waals surface area contributed by atoms with E-state index in [1.165, 1.54) is 58.7 Å². The average molecular weight is 296 g/mol. The Morgan fingerprint density at radius 1 is 1.29 bits per heavy atom. The van der Waals surface area contributed by atoms with E-state index in [9.17, 15) is 4.79 Å². The summed E-state index contributed by atoms with van der Waals surface area (Å²) < 4.78 is 4.92. The van der Waals surface area contributed by atoms with Gasteiger partial charge in [0, 0.05) is 6.04 Å². The minimum atomic E-state index is -0.757. The maximum Gasteiger partial charge on any atom is 0.325 e. The molecule has 2 rings (SSSR count). The molecular weight excluding hydrogens is 264 g/mol. The number of esters is 1. The van der Waals surface area contributed by atoms with Crippen LogP contribution in [-0.4, -0.2) is 42.6 Å². The zero-order valence-corrected chi connectivity index (χ0v) is 13.8. The summed E-state index contributed by atoms with van der Waals surface area (Å²) in [7, 11) is 1.45. The van der Waals surface area contributed by atoms with Crippen LogP contribution in [0.5, 0.6) is 0 Å². The van der Waals surface area contributed by atoms with Crippen LogP contribution >= 0.6 is 0 Å². The van der Waals surface area contributed by atoms with E-state index in [0.29, 0.717) is 6.04 Å². The number of likely N-dealkylation sites (tertiary alicyclic amines) is 1. The molecule has 3 unspecified atom stereocenters. The van der Waals surface area contributed by atoms with E-state index in [-0.39, 0.29) is 5.97 Å². The number of hydrogen-bond acceptors (Lipinski definition) is 4. The van der Waals surface area contributed by atoms with E-state index in [4.69, 9.17) is 10.5 Å². The highest BCUT2D eigenvalue weighted by Gasteiger charge is 2.42.